The predicted octanol–water partition coefficient (Wildman–Crippen LogP) is 2.91. The minimum Gasteiger partial charge on any atom is -0.494 e. The van der Waals surface area contributed by atoms with Crippen molar-refractivity contribution in [3.05, 3.63) is 51.5 Å². The van der Waals surface area contributed by atoms with Gasteiger partial charge in [0.25, 0.3) is 0 Å². The number of benzene rings is 1. The zero-order valence-electron chi connectivity index (χ0n) is 12.4. The maximum atomic E-state index is 11.8. The Labute approximate surface area is 121 Å². The summed E-state index contributed by atoms with van der Waals surface area (Å²) in [5, 5.41) is 5.30. The molecule has 2 heterocycles. The number of nitrogens with zero attached hydrogens (tertiary/aromatic N) is 2. The molecule has 0 radical (unpaired) electrons. The molecule has 0 unspecified atom stereocenters. The van der Waals surface area contributed by atoms with Crippen molar-refractivity contribution in [3.8, 4) is 11.4 Å². The van der Waals surface area contributed by atoms with Crippen molar-refractivity contribution in [2.75, 3.05) is 7.11 Å². The number of rotatable bonds is 2. The van der Waals surface area contributed by atoms with E-state index in [-0.39, 0.29) is 5.63 Å². The molecule has 21 heavy (non-hydrogen) atoms. The van der Waals surface area contributed by atoms with Gasteiger partial charge in [0.2, 0.25) is 5.71 Å². The van der Waals surface area contributed by atoms with Crippen molar-refractivity contribution in [2.45, 2.75) is 20.8 Å². The first-order valence-electron chi connectivity index (χ1n) is 6.67. The molecule has 0 atom stereocenters. The van der Waals surface area contributed by atoms with E-state index in [2.05, 4.69) is 5.10 Å². The SMILES string of the molecule is COc1ccccc1-n1nc2oc(=O)c(C)c(C)c2c1C. The van der Waals surface area contributed by atoms with Crippen LogP contribution in [0.25, 0.3) is 16.8 Å². The molecule has 0 bridgehead atoms. The molecular weight excluding hydrogens is 268 g/mol. The summed E-state index contributed by atoms with van der Waals surface area (Å²) in [5.41, 5.74) is 3.26. The third-order valence-electron chi connectivity index (χ3n) is 3.83. The second-order valence-electron chi connectivity index (χ2n) is 4.99. The van der Waals surface area contributed by atoms with E-state index in [1.165, 1.54) is 0 Å². The second-order valence-corrected chi connectivity index (χ2v) is 4.99. The predicted molar refractivity (Wildman–Crippen MR) is 80.4 cm³/mol. The maximum absolute atomic E-state index is 11.8. The maximum Gasteiger partial charge on any atom is 0.340 e. The van der Waals surface area contributed by atoms with Crippen molar-refractivity contribution in [3.63, 3.8) is 0 Å². The zero-order chi connectivity index (χ0) is 15.1. The third kappa shape index (κ3) is 1.93. The average Bonchev–Trinajstić information content (AvgIpc) is 2.81. The molecule has 0 fully saturated rings. The van der Waals surface area contributed by atoms with Crippen LogP contribution in [0.15, 0.2) is 33.5 Å². The summed E-state index contributed by atoms with van der Waals surface area (Å²) in [6.45, 7) is 5.63. The Morgan fingerprint density at radius 3 is 2.57 bits per heavy atom. The molecular formula is C16H16N2O3. The Balaban J connectivity index is 2.38. The number of hydrogen-bond acceptors (Lipinski definition) is 4. The summed E-state index contributed by atoms with van der Waals surface area (Å²) in [5.74, 6) is 0.713. The van der Waals surface area contributed by atoms with Crippen LogP contribution in [-0.2, 0) is 0 Å². The molecule has 0 aliphatic carbocycles. The van der Waals surface area contributed by atoms with Gasteiger partial charge in [0, 0.05) is 5.56 Å². The van der Waals surface area contributed by atoms with Crippen LogP contribution in [0.1, 0.15) is 16.8 Å². The van der Waals surface area contributed by atoms with Gasteiger partial charge in [-0.3, -0.25) is 0 Å². The standard InChI is InChI=1S/C16H16N2O3/c1-9-10(2)16(19)21-15-14(9)11(3)18(17-15)12-7-5-6-8-13(12)20-4/h5-8H,1-4H3. The van der Waals surface area contributed by atoms with Crippen LogP contribution in [-0.4, -0.2) is 16.9 Å². The van der Waals surface area contributed by atoms with E-state index in [9.17, 15) is 4.79 Å². The van der Waals surface area contributed by atoms with Crippen LogP contribution in [0, 0.1) is 20.8 Å². The minimum atomic E-state index is -0.343. The smallest absolute Gasteiger partial charge is 0.340 e. The highest BCUT2D eigenvalue weighted by molar-refractivity contribution is 5.81. The Hall–Kier alpha value is -2.56. The number of para-hydroxylation sites is 2. The first kappa shape index (κ1) is 13.4. The molecule has 0 spiro atoms. The van der Waals surface area contributed by atoms with E-state index in [0.29, 0.717) is 17.0 Å². The fourth-order valence-electron chi connectivity index (χ4n) is 2.52. The molecule has 0 saturated heterocycles. The lowest BCUT2D eigenvalue weighted by molar-refractivity contribution is 0.411. The van der Waals surface area contributed by atoms with Crippen molar-refractivity contribution < 1.29 is 9.15 Å². The summed E-state index contributed by atoms with van der Waals surface area (Å²) in [6.07, 6.45) is 0. The van der Waals surface area contributed by atoms with Gasteiger partial charge in [0.15, 0.2) is 0 Å². The molecule has 0 amide bonds. The second kappa shape index (κ2) is 4.77. The highest BCUT2D eigenvalue weighted by Crippen LogP contribution is 2.28. The Bertz CT molecular complexity index is 890. The fourth-order valence-corrected chi connectivity index (χ4v) is 2.52. The van der Waals surface area contributed by atoms with E-state index in [1.54, 1.807) is 18.7 Å². The van der Waals surface area contributed by atoms with Crippen LogP contribution in [0.2, 0.25) is 0 Å². The normalized spacial score (nSPS) is 11.0. The molecule has 0 N–H and O–H groups in total. The molecule has 3 aromatic rings. The van der Waals surface area contributed by atoms with Crippen LogP contribution >= 0.6 is 0 Å². The molecule has 0 saturated carbocycles. The van der Waals surface area contributed by atoms with E-state index in [4.69, 9.17) is 9.15 Å². The topological polar surface area (TPSA) is 57.3 Å². The highest BCUT2D eigenvalue weighted by atomic mass is 16.5. The van der Waals surface area contributed by atoms with Crippen LogP contribution < -0.4 is 10.4 Å². The molecule has 108 valence electrons. The summed E-state index contributed by atoms with van der Waals surface area (Å²) >= 11 is 0. The summed E-state index contributed by atoms with van der Waals surface area (Å²) in [6, 6.07) is 7.60. The Kier molecular flexibility index (Phi) is 3.05. The number of aromatic nitrogens is 2. The van der Waals surface area contributed by atoms with Crippen molar-refractivity contribution in [2.24, 2.45) is 0 Å². The third-order valence-corrected chi connectivity index (χ3v) is 3.83. The van der Waals surface area contributed by atoms with Gasteiger partial charge in [-0.15, -0.1) is 5.10 Å². The van der Waals surface area contributed by atoms with E-state index >= 15 is 0 Å². The van der Waals surface area contributed by atoms with Crippen molar-refractivity contribution >= 4 is 11.1 Å². The van der Waals surface area contributed by atoms with Gasteiger partial charge in [-0.25, -0.2) is 9.48 Å². The van der Waals surface area contributed by atoms with Crippen molar-refractivity contribution in [1.82, 2.24) is 9.78 Å². The highest BCUT2D eigenvalue weighted by Gasteiger charge is 2.18. The number of ether oxygens (including phenoxy) is 1. The van der Waals surface area contributed by atoms with Gasteiger partial charge >= 0.3 is 5.63 Å². The van der Waals surface area contributed by atoms with Gasteiger partial charge in [0.05, 0.1) is 18.2 Å². The molecule has 3 rings (SSSR count). The summed E-state index contributed by atoms with van der Waals surface area (Å²) < 4.78 is 12.4. The van der Waals surface area contributed by atoms with Gasteiger partial charge in [-0.1, -0.05) is 12.1 Å². The lowest BCUT2D eigenvalue weighted by Gasteiger charge is -2.09. The number of aryl methyl sites for hydroxylation is 2. The summed E-state index contributed by atoms with van der Waals surface area (Å²) in [7, 11) is 1.62. The molecule has 5 heteroatoms. The first-order chi connectivity index (χ1) is 10.0. The first-order valence-corrected chi connectivity index (χ1v) is 6.67. The number of methoxy groups -OCH3 is 1. The minimum absolute atomic E-state index is 0.343. The largest absolute Gasteiger partial charge is 0.494 e. The summed E-state index contributed by atoms with van der Waals surface area (Å²) in [4.78, 5) is 11.8. The van der Waals surface area contributed by atoms with Gasteiger partial charge in [0.1, 0.15) is 11.4 Å². The monoisotopic (exact) mass is 284 g/mol. The molecule has 5 nitrogen and oxygen atoms in total. The van der Waals surface area contributed by atoms with Gasteiger partial charge in [-0.05, 0) is 38.5 Å². The molecule has 0 aliphatic rings. The van der Waals surface area contributed by atoms with E-state index in [1.807, 2.05) is 38.1 Å². The van der Waals surface area contributed by atoms with Gasteiger partial charge in [-0.2, -0.15) is 0 Å². The number of fused-ring (bicyclic) bond motifs is 1. The lowest BCUT2D eigenvalue weighted by atomic mass is 10.1. The Morgan fingerprint density at radius 1 is 1.14 bits per heavy atom. The zero-order valence-corrected chi connectivity index (χ0v) is 12.4. The van der Waals surface area contributed by atoms with E-state index < -0.39 is 0 Å². The molecule has 0 aliphatic heterocycles. The molecule has 1 aromatic carbocycles. The van der Waals surface area contributed by atoms with Crippen LogP contribution in [0.3, 0.4) is 0 Å². The Morgan fingerprint density at radius 2 is 1.86 bits per heavy atom. The van der Waals surface area contributed by atoms with Crippen LogP contribution in [0.5, 0.6) is 5.75 Å². The lowest BCUT2D eigenvalue weighted by Crippen LogP contribution is -2.05. The number of hydrogen-bond donors (Lipinski definition) is 0. The van der Waals surface area contributed by atoms with Gasteiger partial charge < -0.3 is 9.15 Å². The van der Waals surface area contributed by atoms with Crippen LogP contribution in [0.4, 0.5) is 0 Å². The van der Waals surface area contributed by atoms with E-state index in [0.717, 1.165) is 22.3 Å². The quantitative estimate of drug-likeness (QED) is 0.726. The average molecular weight is 284 g/mol. The fraction of sp³-hybridized carbons (Fsp3) is 0.250. The van der Waals surface area contributed by atoms with Crippen molar-refractivity contribution in [1.29, 1.82) is 0 Å². The molecule has 2 aromatic heterocycles.